The van der Waals surface area contributed by atoms with Crippen LogP contribution >= 0.6 is 11.6 Å². The van der Waals surface area contributed by atoms with E-state index < -0.39 is 5.38 Å². The fraction of sp³-hybridized carbons (Fsp3) is 0.500. The summed E-state index contributed by atoms with van der Waals surface area (Å²) in [5.74, 6) is -0.154. The monoisotopic (exact) mass is 266 g/mol. The molecule has 0 unspecified atom stereocenters. The largest absolute Gasteiger partial charge is 0.371 e. The molecule has 0 saturated carbocycles. The first-order valence-corrected chi connectivity index (χ1v) is 6.82. The van der Waals surface area contributed by atoms with Gasteiger partial charge in [-0.25, -0.2) is 0 Å². The van der Waals surface area contributed by atoms with E-state index in [2.05, 4.69) is 16.3 Å². The molecule has 0 aromatic heterocycles. The number of nitrogens with zero attached hydrogens (tertiary/aromatic N) is 1. The molecule has 98 valence electrons. The highest BCUT2D eigenvalue weighted by Gasteiger charge is 2.17. The van der Waals surface area contributed by atoms with Crippen LogP contribution in [-0.2, 0) is 4.79 Å². The van der Waals surface area contributed by atoms with Gasteiger partial charge in [-0.2, -0.15) is 0 Å². The minimum atomic E-state index is -0.514. The van der Waals surface area contributed by atoms with Gasteiger partial charge in [0, 0.05) is 24.5 Å². The van der Waals surface area contributed by atoms with Gasteiger partial charge in [-0.05, 0) is 44.4 Å². The summed E-state index contributed by atoms with van der Waals surface area (Å²) >= 11 is 5.77. The molecule has 4 heteroatoms. The molecule has 0 aliphatic carbocycles. The molecule has 1 heterocycles. The lowest BCUT2D eigenvalue weighted by atomic mass is 10.1. The second-order valence-electron chi connectivity index (χ2n) is 4.75. The van der Waals surface area contributed by atoms with Gasteiger partial charge >= 0.3 is 0 Å². The molecule has 2 rings (SSSR count). The third-order valence-corrected chi connectivity index (χ3v) is 3.57. The molecule has 1 fully saturated rings. The molecule has 18 heavy (non-hydrogen) atoms. The molecule has 1 aliphatic heterocycles. The number of amides is 1. The second-order valence-corrected chi connectivity index (χ2v) is 5.40. The number of alkyl halides is 1. The molecule has 1 aliphatic rings. The number of nitrogens with one attached hydrogen (secondary N) is 1. The smallest absolute Gasteiger partial charge is 0.242 e. The van der Waals surface area contributed by atoms with E-state index in [1.54, 1.807) is 6.92 Å². The summed E-state index contributed by atoms with van der Waals surface area (Å²) in [6, 6.07) is 6.02. The maximum atomic E-state index is 11.6. The molecule has 1 saturated heterocycles. The summed E-state index contributed by atoms with van der Waals surface area (Å²) < 4.78 is 0. The van der Waals surface area contributed by atoms with Crippen LogP contribution in [0.4, 0.5) is 11.4 Å². The highest BCUT2D eigenvalue weighted by Crippen LogP contribution is 2.29. The molecule has 0 radical (unpaired) electrons. The first-order chi connectivity index (χ1) is 8.59. The predicted molar refractivity (Wildman–Crippen MR) is 76.6 cm³/mol. The van der Waals surface area contributed by atoms with Crippen molar-refractivity contribution in [2.75, 3.05) is 23.3 Å². The summed E-state index contributed by atoms with van der Waals surface area (Å²) in [6.07, 6.45) is 2.49. The molecule has 1 N–H and O–H groups in total. The zero-order valence-corrected chi connectivity index (χ0v) is 11.6. The van der Waals surface area contributed by atoms with Crippen LogP contribution in [0.3, 0.4) is 0 Å². The Bertz CT molecular complexity index is 439. The maximum absolute atomic E-state index is 11.6. The van der Waals surface area contributed by atoms with Gasteiger partial charge in [-0.3, -0.25) is 4.79 Å². The van der Waals surface area contributed by atoms with E-state index in [0.717, 1.165) is 24.3 Å². The summed E-state index contributed by atoms with van der Waals surface area (Å²) in [7, 11) is 0. The normalized spacial score (nSPS) is 16.7. The van der Waals surface area contributed by atoms with E-state index in [9.17, 15) is 4.79 Å². The van der Waals surface area contributed by atoms with Crippen LogP contribution in [0.25, 0.3) is 0 Å². The Kier molecular flexibility index (Phi) is 4.12. The van der Waals surface area contributed by atoms with E-state index >= 15 is 0 Å². The molecule has 1 atom stereocenters. The van der Waals surface area contributed by atoms with Crippen molar-refractivity contribution in [3.05, 3.63) is 23.8 Å². The van der Waals surface area contributed by atoms with Gasteiger partial charge in [0.15, 0.2) is 0 Å². The standard InChI is InChI=1S/C14H19ClN2O/c1-10-12(16-14(18)11(2)15)6-5-7-13(10)17-8-3-4-9-17/h5-7,11H,3-4,8-9H2,1-2H3,(H,16,18)/t11-/m1/s1. The number of hydrogen-bond donors (Lipinski definition) is 1. The Hall–Kier alpha value is -1.22. The van der Waals surface area contributed by atoms with E-state index in [-0.39, 0.29) is 5.91 Å². The van der Waals surface area contributed by atoms with E-state index in [4.69, 9.17) is 11.6 Å². The lowest BCUT2D eigenvalue weighted by molar-refractivity contribution is -0.115. The summed E-state index contributed by atoms with van der Waals surface area (Å²) in [5.41, 5.74) is 3.19. The van der Waals surface area contributed by atoms with Crippen molar-refractivity contribution in [3.8, 4) is 0 Å². The fourth-order valence-electron chi connectivity index (χ4n) is 2.29. The van der Waals surface area contributed by atoms with Crippen LogP contribution in [0.2, 0.25) is 0 Å². The van der Waals surface area contributed by atoms with E-state index in [0.29, 0.717) is 0 Å². The third-order valence-electron chi connectivity index (χ3n) is 3.37. The van der Waals surface area contributed by atoms with Crippen LogP contribution in [0.1, 0.15) is 25.3 Å². The van der Waals surface area contributed by atoms with Gasteiger partial charge in [-0.1, -0.05) is 6.07 Å². The van der Waals surface area contributed by atoms with Crippen molar-refractivity contribution in [1.29, 1.82) is 0 Å². The van der Waals surface area contributed by atoms with Gasteiger partial charge in [0.05, 0.1) is 0 Å². The number of carbonyl (C=O) groups is 1. The van der Waals surface area contributed by atoms with Crippen LogP contribution in [0, 0.1) is 6.92 Å². The zero-order valence-electron chi connectivity index (χ0n) is 10.9. The van der Waals surface area contributed by atoms with Crippen molar-refractivity contribution in [3.63, 3.8) is 0 Å². The van der Waals surface area contributed by atoms with Crippen molar-refractivity contribution < 1.29 is 4.79 Å². The topological polar surface area (TPSA) is 32.3 Å². The Morgan fingerprint density at radius 3 is 2.67 bits per heavy atom. The number of rotatable bonds is 3. The number of anilines is 2. The Morgan fingerprint density at radius 1 is 1.39 bits per heavy atom. The molecule has 3 nitrogen and oxygen atoms in total. The fourth-order valence-corrected chi connectivity index (χ4v) is 2.35. The molecule has 1 aromatic rings. The zero-order chi connectivity index (χ0) is 13.1. The number of carbonyl (C=O) groups excluding carboxylic acids is 1. The van der Waals surface area contributed by atoms with Crippen LogP contribution in [0.15, 0.2) is 18.2 Å². The summed E-state index contributed by atoms with van der Waals surface area (Å²) in [5, 5.41) is 2.36. The highest BCUT2D eigenvalue weighted by atomic mass is 35.5. The first-order valence-electron chi connectivity index (χ1n) is 6.39. The Labute approximate surface area is 113 Å². The molecule has 1 aromatic carbocycles. The van der Waals surface area contributed by atoms with Crippen molar-refractivity contribution in [1.82, 2.24) is 0 Å². The van der Waals surface area contributed by atoms with E-state index in [1.165, 1.54) is 18.5 Å². The van der Waals surface area contributed by atoms with Crippen molar-refractivity contribution >= 4 is 28.9 Å². The third kappa shape index (κ3) is 2.78. The van der Waals surface area contributed by atoms with Gasteiger partial charge in [0.1, 0.15) is 5.38 Å². The molecule has 1 amide bonds. The van der Waals surface area contributed by atoms with Crippen molar-refractivity contribution in [2.45, 2.75) is 32.1 Å². The summed E-state index contributed by atoms with van der Waals surface area (Å²) in [6.45, 7) is 5.92. The first kappa shape index (κ1) is 13.2. The van der Waals surface area contributed by atoms with Gasteiger partial charge in [-0.15, -0.1) is 11.6 Å². The molecular formula is C14H19ClN2O. The minimum Gasteiger partial charge on any atom is -0.371 e. The molecule has 0 bridgehead atoms. The Morgan fingerprint density at radius 2 is 2.06 bits per heavy atom. The van der Waals surface area contributed by atoms with Gasteiger partial charge in [0.25, 0.3) is 0 Å². The quantitative estimate of drug-likeness (QED) is 0.853. The summed E-state index contributed by atoms with van der Waals surface area (Å²) in [4.78, 5) is 14.0. The molecular weight excluding hydrogens is 248 g/mol. The highest BCUT2D eigenvalue weighted by molar-refractivity contribution is 6.32. The average molecular weight is 267 g/mol. The lowest BCUT2D eigenvalue weighted by Gasteiger charge is -2.22. The van der Waals surface area contributed by atoms with Crippen LogP contribution in [-0.4, -0.2) is 24.4 Å². The second kappa shape index (κ2) is 5.61. The number of halogens is 1. The predicted octanol–water partition coefficient (Wildman–Crippen LogP) is 3.16. The maximum Gasteiger partial charge on any atom is 0.242 e. The minimum absolute atomic E-state index is 0.154. The van der Waals surface area contributed by atoms with Crippen molar-refractivity contribution in [2.24, 2.45) is 0 Å². The van der Waals surface area contributed by atoms with Gasteiger partial charge in [0.2, 0.25) is 5.91 Å². The van der Waals surface area contributed by atoms with E-state index in [1.807, 2.05) is 19.1 Å². The van der Waals surface area contributed by atoms with Crippen LogP contribution < -0.4 is 10.2 Å². The number of benzene rings is 1. The van der Waals surface area contributed by atoms with Gasteiger partial charge < -0.3 is 10.2 Å². The molecule has 0 spiro atoms. The van der Waals surface area contributed by atoms with Crippen LogP contribution in [0.5, 0.6) is 0 Å². The average Bonchev–Trinajstić information content (AvgIpc) is 2.85. The SMILES string of the molecule is Cc1c(NC(=O)[C@@H](C)Cl)cccc1N1CCCC1. The number of hydrogen-bond acceptors (Lipinski definition) is 2. The Balaban J connectivity index is 2.21. The lowest BCUT2D eigenvalue weighted by Crippen LogP contribution is -2.22.